The topological polar surface area (TPSA) is 237 Å². The Labute approximate surface area is 588 Å². The zero-order chi connectivity index (χ0) is 70.5. The molecule has 0 spiro atoms. The molecule has 19 heteroatoms. The highest BCUT2D eigenvalue weighted by Crippen LogP contribution is 2.45. The van der Waals surface area contributed by atoms with Gasteiger partial charge in [0.15, 0.2) is 12.2 Å². The molecule has 0 saturated carbocycles. The summed E-state index contributed by atoms with van der Waals surface area (Å²) in [5, 5.41) is 10.6. The third-order valence-corrected chi connectivity index (χ3v) is 19.9. The van der Waals surface area contributed by atoms with Crippen LogP contribution >= 0.6 is 15.6 Å². The van der Waals surface area contributed by atoms with E-state index in [9.17, 15) is 43.2 Å². The number of unbranched alkanes of at least 4 members (excludes halogenated alkanes) is 49. The summed E-state index contributed by atoms with van der Waals surface area (Å²) in [6, 6.07) is 0. The van der Waals surface area contributed by atoms with Crippen molar-refractivity contribution in [3.63, 3.8) is 0 Å². The smallest absolute Gasteiger partial charge is 0.462 e. The third kappa shape index (κ3) is 70.5. The number of rotatable bonds is 77. The van der Waals surface area contributed by atoms with E-state index >= 15 is 0 Å². The van der Waals surface area contributed by atoms with E-state index in [4.69, 9.17) is 37.0 Å². The zero-order valence-corrected chi connectivity index (χ0v) is 64.3. The van der Waals surface area contributed by atoms with Crippen molar-refractivity contribution in [1.82, 2.24) is 0 Å². The Morgan fingerprint density at radius 2 is 0.479 bits per heavy atom. The van der Waals surface area contributed by atoms with Gasteiger partial charge in [-0.3, -0.25) is 37.3 Å². The summed E-state index contributed by atoms with van der Waals surface area (Å²) < 4.78 is 68.6. The van der Waals surface area contributed by atoms with Crippen molar-refractivity contribution in [3.8, 4) is 0 Å². The van der Waals surface area contributed by atoms with Crippen LogP contribution in [0.2, 0.25) is 0 Å². The van der Waals surface area contributed by atoms with Crippen LogP contribution in [-0.4, -0.2) is 96.7 Å². The molecule has 96 heavy (non-hydrogen) atoms. The minimum Gasteiger partial charge on any atom is -0.462 e. The van der Waals surface area contributed by atoms with Gasteiger partial charge in [-0.15, -0.1) is 0 Å². The monoisotopic (exact) mass is 1410 g/mol. The Bertz CT molecular complexity index is 1840. The second kappa shape index (κ2) is 70.1. The van der Waals surface area contributed by atoms with E-state index < -0.39 is 97.5 Å². The number of carbonyl (C=O) groups is 4. The van der Waals surface area contributed by atoms with E-state index in [0.717, 1.165) is 95.8 Å². The first-order chi connectivity index (χ1) is 46.5. The van der Waals surface area contributed by atoms with Crippen LogP contribution in [0.4, 0.5) is 0 Å². The molecule has 0 aliphatic rings. The summed E-state index contributed by atoms with van der Waals surface area (Å²) in [5.41, 5.74) is 0. The van der Waals surface area contributed by atoms with Crippen molar-refractivity contribution in [3.05, 3.63) is 0 Å². The number of phosphoric acid groups is 2. The summed E-state index contributed by atoms with van der Waals surface area (Å²) in [6.07, 6.45) is 59.5. The van der Waals surface area contributed by atoms with Gasteiger partial charge < -0.3 is 33.8 Å². The Hall–Kier alpha value is -1.94. The van der Waals surface area contributed by atoms with Crippen LogP contribution in [-0.2, 0) is 65.4 Å². The van der Waals surface area contributed by atoms with Gasteiger partial charge >= 0.3 is 39.5 Å². The lowest BCUT2D eigenvalue weighted by Gasteiger charge is -2.21. The fourth-order valence-corrected chi connectivity index (χ4v) is 13.5. The second-order valence-corrected chi connectivity index (χ2v) is 31.1. The number of aliphatic hydroxyl groups excluding tert-OH is 1. The lowest BCUT2D eigenvalue weighted by Crippen LogP contribution is -2.30. The fraction of sp³-hybridized carbons (Fsp3) is 0.948. The highest BCUT2D eigenvalue weighted by Gasteiger charge is 2.30. The van der Waals surface area contributed by atoms with E-state index in [1.807, 2.05) is 0 Å². The average Bonchev–Trinajstić information content (AvgIpc) is 1.69. The highest BCUT2D eigenvalue weighted by atomic mass is 31.2. The molecule has 570 valence electrons. The van der Waals surface area contributed by atoms with Crippen LogP contribution in [0.5, 0.6) is 0 Å². The lowest BCUT2D eigenvalue weighted by molar-refractivity contribution is -0.161. The largest absolute Gasteiger partial charge is 0.472 e. The molecule has 0 heterocycles. The molecule has 0 aromatic carbocycles. The molecule has 0 radical (unpaired) electrons. The van der Waals surface area contributed by atoms with Crippen molar-refractivity contribution in [2.24, 2.45) is 5.92 Å². The van der Waals surface area contributed by atoms with Gasteiger partial charge in [-0.25, -0.2) is 9.13 Å². The molecule has 3 N–H and O–H groups in total. The van der Waals surface area contributed by atoms with Crippen molar-refractivity contribution in [2.75, 3.05) is 39.6 Å². The Morgan fingerprint density at radius 3 is 0.708 bits per heavy atom. The van der Waals surface area contributed by atoms with Crippen LogP contribution in [0.25, 0.3) is 0 Å². The van der Waals surface area contributed by atoms with Gasteiger partial charge in [0, 0.05) is 25.7 Å². The van der Waals surface area contributed by atoms with E-state index in [-0.39, 0.29) is 25.7 Å². The number of esters is 4. The summed E-state index contributed by atoms with van der Waals surface area (Å²) in [6.45, 7) is 7.33. The van der Waals surface area contributed by atoms with Crippen molar-refractivity contribution in [1.29, 1.82) is 0 Å². The molecule has 2 unspecified atom stereocenters. The maximum absolute atomic E-state index is 13.1. The van der Waals surface area contributed by atoms with Gasteiger partial charge in [0.2, 0.25) is 0 Å². The molecule has 0 aromatic rings. The molecule has 0 aromatic heterocycles. The van der Waals surface area contributed by atoms with Crippen molar-refractivity contribution < 1.29 is 80.2 Å². The first-order valence-corrected chi connectivity index (χ1v) is 43.1. The number of hydrogen-bond donors (Lipinski definition) is 3. The molecule has 5 atom stereocenters. The van der Waals surface area contributed by atoms with Crippen molar-refractivity contribution in [2.45, 2.75) is 425 Å². The van der Waals surface area contributed by atoms with E-state index in [0.29, 0.717) is 25.7 Å². The van der Waals surface area contributed by atoms with Gasteiger partial charge in [0.05, 0.1) is 26.4 Å². The van der Waals surface area contributed by atoms with E-state index in [1.165, 1.54) is 231 Å². The number of carbonyl (C=O) groups excluding carboxylic acids is 4. The van der Waals surface area contributed by atoms with Gasteiger partial charge in [0.25, 0.3) is 0 Å². The quantitative estimate of drug-likeness (QED) is 0.0222. The summed E-state index contributed by atoms with van der Waals surface area (Å²) in [7, 11) is -9.91. The number of aliphatic hydroxyl groups is 1. The maximum atomic E-state index is 13.1. The van der Waals surface area contributed by atoms with Crippen LogP contribution in [0.3, 0.4) is 0 Å². The second-order valence-electron chi connectivity index (χ2n) is 28.2. The van der Waals surface area contributed by atoms with Gasteiger partial charge in [-0.05, 0) is 31.6 Å². The average molecular weight is 1410 g/mol. The highest BCUT2D eigenvalue weighted by molar-refractivity contribution is 7.47. The molecule has 0 bridgehead atoms. The predicted octanol–water partition coefficient (Wildman–Crippen LogP) is 22.9. The number of ether oxygens (including phenoxy) is 4. The first kappa shape index (κ1) is 94.1. The number of phosphoric ester groups is 2. The predicted molar refractivity (Wildman–Crippen MR) is 391 cm³/mol. The molecular formula is C77H150O17P2. The fourth-order valence-electron chi connectivity index (χ4n) is 11.9. The molecular weight excluding hydrogens is 1260 g/mol. The Kier molecular flexibility index (Phi) is 68.7. The molecule has 0 rings (SSSR count). The van der Waals surface area contributed by atoms with Gasteiger partial charge in [0.1, 0.15) is 19.3 Å². The lowest BCUT2D eigenvalue weighted by atomic mass is 10.0. The number of hydrogen-bond acceptors (Lipinski definition) is 15. The summed E-state index contributed by atoms with van der Waals surface area (Å²) in [4.78, 5) is 72.8. The molecule has 17 nitrogen and oxygen atoms in total. The van der Waals surface area contributed by atoms with Gasteiger partial charge in [-0.1, -0.05) is 356 Å². The van der Waals surface area contributed by atoms with E-state index in [2.05, 4.69) is 34.6 Å². The Morgan fingerprint density at radius 1 is 0.281 bits per heavy atom. The normalized spacial score (nSPS) is 13.9. The van der Waals surface area contributed by atoms with E-state index in [1.54, 1.807) is 0 Å². The Balaban J connectivity index is 5.23. The van der Waals surface area contributed by atoms with Gasteiger partial charge in [-0.2, -0.15) is 0 Å². The first-order valence-electron chi connectivity index (χ1n) is 40.1. The SMILES string of the molecule is CCCCCCCCCCCCCCCCC(=O)OC[C@H](COP(=O)(O)OC[C@@H](O)COP(=O)(O)OC[C@@H](COC(=O)CCCCCCCCCCCC)OC(=O)CCCCCCCCCCCCCCC)OC(=O)CCCCCCCCCCCCCCCCCCC(C)C. The molecule has 0 aliphatic heterocycles. The molecule has 0 fully saturated rings. The maximum Gasteiger partial charge on any atom is 0.472 e. The summed E-state index contributed by atoms with van der Waals surface area (Å²) >= 11 is 0. The van der Waals surface area contributed by atoms with Crippen LogP contribution in [0.1, 0.15) is 407 Å². The van der Waals surface area contributed by atoms with Crippen molar-refractivity contribution >= 4 is 39.5 Å². The molecule has 0 saturated heterocycles. The minimum atomic E-state index is -4.96. The third-order valence-electron chi connectivity index (χ3n) is 18.0. The zero-order valence-electron chi connectivity index (χ0n) is 62.5. The van der Waals surface area contributed by atoms with Crippen LogP contribution < -0.4 is 0 Å². The summed E-state index contributed by atoms with van der Waals surface area (Å²) in [5.74, 6) is -1.30. The standard InChI is InChI=1S/C77H150O17P2/c1-6-9-12-15-18-21-24-26-33-36-41-46-51-56-61-75(80)88-67-73(94-77(82)63-58-53-48-43-38-34-30-28-27-29-32-35-39-44-49-54-59-70(4)5)69-92-96(85,86)90-65-71(78)64-89-95(83,84)91-68-72(66-87-74(79)60-55-50-45-40-23-20-17-14-11-8-3)93-76(81)62-57-52-47-42-37-31-25-22-19-16-13-10-7-2/h70-73,78H,6-69H2,1-5H3,(H,83,84)(H,85,86)/t71-,72+,73+/m0/s1. The molecule has 0 aliphatic carbocycles. The van der Waals surface area contributed by atoms with Crippen LogP contribution in [0.15, 0.2) is 0 Å². The van der Waals surface area contributed by atoms with Crippen LogP contribution in [0, 0.1) is 5.92 Å². The molecule has 0 amide bonds. The minimum absolute atomic E-state index is 0.108.